The second kappa shape index (κ2) is 7.18. The van der Waals surface area contributed by atoms with Crippen LogP contribution < -0.4 is 0 Å². The van der Waals surface area contributed by atoms with Crippen molar-refractivity contribution >= 4 is 6.09 Å². The van der Waals surface area contributed by atoms with E-state index in [1.54, 1.807) is 7.11 Å². The van der Waals surface area contributed by atoms with Gasteiger partial charge < -0.3 is 19.3 Å². The lowest BCUT2D eigenvalue weighted by atomic mass is 9.91. The van der Waals surface area contributed by atoms with E-state index in [9.17, 15) is 4.79 Å². The van der Waals surface area contributed by atoms with Crippen LogP contribution in [-0.4, -0.2) is 68.4 Å². The minimum absolute atomic E-state index is 0.104. The molecule has 126 valence electrons. The van der Waals surface area contributed by atoms with Gasteiger partial charge in [-0.2, -0.15) is 0 Å². The van der Waals surface area contributed by atoms with Gasteiger partial charge in [-0.25, -0.2) is 4.79 Å². The van der Waals surface area contributed by atoms with E-state index in [1.807, 2.05) is 0 Å². The summed E-state index contributed by atoms with van der Waals surface area (Å²) >= 11 is 0. The number of ether oxygens (including phenoxy) is 2. The molecular weight excluding hydrogens is 280 g/mol. The zero-order chi connectivity index (χ0) is 15.5. The molecule has 0 spiro atoms. The van der Waals surface area contributed by atoms with E-state index in [-0.39, 0.29) is 6.09 Å². The summed E-state index contributed by atoms with van der Waals surface area (Å²) in [6, 6.07) is 0.789. The Kier molecular flexibility index (Phi) is 5.24. The number of piperidine rings is 1. The number of carbonyl (C=O) groups excluding carboxylic acids is 1. The molecule has 1 heterocycles. The lowest BCUT2D eigenvalue weighted by Crippen LogP contribution is -2.53. The highest BCUT2D eigenvalue weighted by Crippen LogP contribution is 2.47. The van der Waals surface area contributed by atoms with Gasteiger partial charge in [-0.15, -0.1) is 0 Å². The molecule has 1 aliphatic heterocycles. The van der Waals surface area contributed by atoms with Crippen molar-refractivity contribution in [3.05, 3.63) is 0 Å². The van der Waals surface area contributed by atoms with E-state index in [0.717, 1.165) is 50.9 Å². The standard InChI is InChI=1S/C17H30N2O3/c1-21-10-9-18-7-5-15(6-8-18)19(17(20)22-2)16-12-13-3-4-14(16)11-13/h13-16H,3-12H2,1-2H3. The lowest BCUT2D eigenvalue weighted by Gasteiger charge is -2.43. The Morgan fingerprint density at radius 2 is 1.91 bits per heavy atom. The van der Waals surface area contributed by atoms with Crippen molar-refractivity contribution in [1.82, 2.24) is 9.80 Å². The van der Waals surface area contributed by atoms with E-state index in [1.165, 1.54) is 32.8 Å². The van der Waals surface area contributed by atoms with Gasteiger partial charge in [-0.1, -0.05) is 6.42 Å². The van der Waals surface area contributed by atoms with Crippen molar-refractivity contribution in [1.29, 1.82) is 0 Å². The van der Waals surface area contributed by atoms with Gasteiger partial charge in [0.2, 0.25) is 0 Å². The van der Waals surface area contributed by atoms with Crippen LogP contribution in [0.5, 0.6) is 0 Å². The summed E-state index contributed by atoms with van der Waals surface area (Å²) in [6.07, 6.45) is 7.21. The SMILES string of the molecule is COCCN1CCC(N(C(=O)OC)C2CC3CCC2C3)CC1. The van der Waals surface area contributed by atoms with Gasteiger partial charge in [0, 0.05) is 38.8 Å². The van der Waals surface area contributed by atoms with Crippen LogP contribution in [0.2, 0.25) is 0 Å². The smallest absolute Gasteiger partial charge is 0.409 e. The fourth-order valence-electron chi connectivity index (χ4n) is 4.85. The second-order valence-corrected chi connectivity index (χ2v) is 7.19. The molecule has 3 aliphatic rings. The zero-order valence-corrected chi connectivity index (χ0v) is 14.0. The third-order valence-electron chi connectivity index (χ3n) is 6.01. The van der Waals surface area contributed by atoms with Crippen molar-refractivity contribution in [2.75, 3.05) is 40.5 Å². The average molecular weight is 310 g/mol. The lowest BCUT2D eigenvalue weighted by molar-refractivity contribution is 0.0356. The Hall–Kier alpha value is -0.810. The molecule has 2 aliphatic carbocycles. The summed E-state index contributed by atoms with van der Waals surface area (Å²) in [4.78, 5) is 17.0. The van der Waals surface area contributed by atoms with Gasteiger partial charge in [0.05, 0.1) is 13.7 Å². The first-order valence-corrected chi connectivity index (χ1v) is 8.80. The highest BCUT2D eigenvalue weighted by atomic mass is 16.5. The molecule has 3 rings (SSSR count). The first-order chi connectivity index (χ1) is 10.7. The molecule has 3 fully saturated rings. The van der Waals surface area contributed by atoms with Crippen molar-refractivity contribution in [3.8, 4) is 0 Å². The van der Waals surface area contributed by atoms with Gasteiger partial charge >= 0.3 is 6.09 Å². The number of methoxy groups -OCH3 is 2. The molecule has 3 unspecified atom stereocenters. The fraction of sp³-hybridized carbons (Fsp3) is 0.941. The summed E-state index contributed by atoms with van der Waals surface area (Å²) in [5.74, 6) is 1.57. The first-order valence-electron chi connectivity index (χ1n) is 8.80. The van der Waals surface area contributed by atoms with Gasteiger partial charge in [-0.05, 0) is 43.9 Å². The fourth-order valence-corrected chi connectivity index (χ4v) is 4.85. The largest absolute Gasteiger partial charge is 0.453 e. The molecule has 2 saturated carbocycles. The molecule has 2 bridgehead atoms. The highest BCUT2D eigenvalue weighted by Gasteiger charge is 2.46. The Morgan fingerprint density at radius 1 is 1.14 bits per heavy atom. The number of likely N-dealkylation sites (tertiary alicyclic amines) is 1. The molecule has 5 heteroatoms. The van der Waals surface area contributed by atoms with Crippen molar-refractivity contribution in [2.45, 2.75) is 50.6 Å². The predicted molar refractivity (Wildman–Crippen MR) is 84.8 cm³/mol. The molecule has 5 nitrogen and oxygen atoms in total. The molecule has 22 heavy (non-hydrogen) atoms. The van der Waals surface area contributed by atoms with Crippen molar-refractivity contribution in [3.63, 3.8) is 0 Å². The molecule has 0 aromatic heterocycles. The van der Waals surface area contributed by atoms with Crippen molar-refractivity contribution < 1.29 is 14.3 Å². The minimum atomic E-state index is -0.104. The van der Waals surface area contributed by atoms with Crippen LogP contribution in [0.25, 0.3) is 0 Å². The molecule has 1 saturated heterocycles. The van der Waals surface area contributed by atoms with Gasteiger partial charge in [0.25, 0.3) is 0 Å². The summed E-state index contributed by atoms with van der Waals surface area (Å²) in [6.45, 7) is 3.90. The number of amides is 1. The number of nitrogens with zero attached hydrogens (tertiary/aromatic N) is 2. The third kappa shape index (κ3) is 3.25. The predicted octanol–water partition coefficient (Wildman–Crippen LogP) is 2.35. The van der Waals surface area contributed by atoms with E-state index in [0.29, 0.717) is 12.1 Å². The zero-order valence-electron chi connectivity index (χ0n) is 14.0. The maximum absolute atomic E-state index is 12.4. The maximum Gasteiger partial charge on any atom is 0.409 e. The van der Waals surface area contributed by atoms with E-state index in [4.69, 9.17) is 9.47 Å². The summed E-state index contributed by atoms with van der Waals surface area (Å²) < 4.78 is 10.3. The molecular formula is C17H30N2O3. The first kappa shape index (κ1) is 16.1. The molecule has 0 aromatic rings. The Balaban J connectivity index is 1.60. The van der Waals surface area contributed by atoms with E-state index >= 15 is 0 Å². The van der Waals surface area contributed by atoms with Crippen LogP contribution in [0.1, 0.15) is 38.5 Å². The topological polar surface area (TPSA) is 42.0 Å². The monoisotopic (exact) mass is 310 g/mol. The van der Waals surface area contributed by atoms with Gasteiger partial charge in [0.15, 0.2) is 0 Å². The number of hydrogen-bond acceptors (Lipinski definition) is 4. The van der Waals surface area contributed by atoms with Crippen LogP contribution in [0.3, 0.4) is 0 Å². The molecule has 3 atom stereocenters. The van der Waals surface area contributed by atoms with Gasteiger partial charge in [-0.3, -0.25) is 0 Å². The summed E-state index contributed by atoms with van der Waals surface area (Å²) in [7, 11) is 3.27. The van der Waals surface area contributed by atoms with Crippen molar-refractivity contribution in [2.24, 2.45) is 11.8 Å². The van der Waals surface area contributed by atoms with E-state index < -0.39 is 0 Å². The van der Waals surface area contributed by atoms with Crippen LogP contribution in [0, 0.1) is 11.8 Å². The molecule has 0 radical (unpaired) electrons. The molecule has 0 aromatic carbocycles. The second-order valence-electron chi connectivity index (χ2n) is 7.19. The average Bonchev–Trinajstić information content (AvgIpc) is 3.17. The quantitative estimate of drug-likeness (QED) is 0.782. The third-order valence-corrected chi connectivity index (χ3v) is 6.01. The number of carbonyl (C=O) groups is 1. The summed E-state index contributed by atoms with van der Waals surface area (Å²) in [5.41, 5.74) is 0. The number of hydrogen-bond donors (Lipinski definition) is 0. The van der Waals surface area contributed by atoms with E-state index in [2.05, 4.69) is 9.80 Å². The van der Waals surface area contributed by atoms with Crippen LogP contribution in [-0.2, 0) is 9.47 Å². The Morgan fingerprint density at radius 3 is 2.45 bits per heavy atom. The van der Waals surface area contributed by atoms with Gasteiger partial charge in [0.1, 0.15) is 0 Å². The van der Waals surface area contributed by atoms with Crippen LogP contribution in [0.15, 0.2) is 0 Å². The Labute approximate surface area is 133 Å². The number of rotatable bonds is 5. The highest BCUT2D eigenvalue weighted by molar-refractivity contribution is 5.68. The Bertz CT molecular complexity index is 382. The molecule has 0 N–H and O–H groups in total. The minimum Gasteiger partial charge on any atom is -0.453 e. The number of fused-ring (bicyclic) bond motifs is 2. The van der Waals surface area contributed by atoms with Crippen LogP contribution >= 0.6 is 0 Å². The summed E-state index contributed by atoms with van der Waals surface area (Å²) in [5, 5.41) is 0. The maximum atomic E-state index is 12.4. The molecule has 1 amide bonds. The van der Waals surface area contributed by atoms with Crippen LogP contribution in [0.4, 0.5) is 4.79 Å². The normalized spacial score (nSPS) is 32.4.